The lowest BCUT2D eigenvalue weighted by Crippen LogP contribution is -2.20. The van der Waals surface area contributed by atoms with Crippen molar-refractivity contribution >= 4 is 0 Å². The van der Waals surface area contributed by atoms with Crippen LogP contribution in [0.3, 0.4) is 0 Å². The van der Waals surface area contributed by atoms with Crippen molar-refractivity contribution in [2.45, 2.75) is 26.8 Å². The van der Waals surface area contributed by atoms with Crippen molar-refractivity contribution < 1.29 is 4.92 Å². The van der Waals surface area contributed by atoms with Gasteiger partial charge in [-0.3, -0.25) is 10.1 Å². The summed E-state index contributed by atoms with van der Waals surface area (Å²) >= 11 is 0. The quantitative estimate of drug-likeness (QED) is 0.404. The van der Waals surface area contributed by atoms with Gasteiger partial charge in [0.25, 0.3) is 0 Å². The molecule has 3 heteroatoms. The van der Waals surface area contributed by atoms with Crippen LogP contribution in [0.4, 0.5) is 0 Å². The van der Waals surface area contributed by atoms with E-state index in [1.54, 1.807) is 6.92 Å². The van der Waals surface area contributed by atoms with Gasteiger partial charge in [0.2, 0.25) is 6.04 Å². The van der Waals surface area contributed by atoms with Gasteiger partial charge in [-0.1, -0.05) is 13.8 Å². The molecule has 0 bridgehead atoms. The lowest BCUT2D eigenvalue weighted by molar-refractivity contribution is -0.526. The molecule has 0 aromatic heterocycles. The molecule has 1 atom stereocenters. The number of rotatable bonds is 2. The predicted octanol–water partition coefficient (Wildman–Crippen LogP) is 1.31. The SMILES string of the molecule is CC(C)[C@H](C)[N+](=O)[O-]. The first kappa shape index (κ1) is 7.40. The maximum Gasteiger partial charge on any atom is 0.212 e. The van der Waals surface area contributed by atoms with Gasteiger partial charge in [-0.2, -0.15) is 0 Å². The van der Waals surface area contributed by atoms with E-state index in [1.165, 1.54) is 0 Å². The fourth-order valence-corrected chi connectivity index (χ4v) is 0.243. The van der Waals surface area contributed by atoms with Gasteiger partial charge < -0.3 is 0 Å². The molecule has 0 aromatic rings. The standard InChI is InChI=1S/C5H11NO2/c1-4(2)5(3)6(7)8/h4-5H,1-3H3/t5-/m0/s1. The summed E-state index contributed by atoms with van der Waals surface area (Å²) in [4.78, 5) is 9.69. The number of hydrogen-bond acceptors (Lipinski definition) is 2. The molecule has 0 saturated carbocycles. The molecule has 8 heavy (non-hydrogen) atoms. The maximum atomic E-state index is 9.95. The summed E-state index contributed by atoms with van der Waals surface area (Å²) in [7, 11) is 0. The smallest absolute Gasteiger partial charge is 0.212 e. The van der Waals surface area contributed by atoms with Crippen LogP contribution in [0, 0.1) is 16.0 Å². The van der Waals surface area contributed by atoms with E-state index in [0.29, 0.717) is 0 Å². The summed E-state index contributed by atoms with van der Waals surface area (Å²) < 4.78 is 0. The minimum absolute atomic E-state index is 0.144. The van der Waals surface area contributed by atoms with E-state index in [2.05, 4.69) is 0 Å². The first-order valence-corrected chi connectivity index (χ1v) is 2.69. The van der Waals surface area contributed by atoms with Gasteiger partial charge in [-0.15, -0.1) is 0 Å². The highest BCUT2D eigenvalue weighted by atomic mass is 16.6. The zero-order valence-corrected chi connectivity index (χ0v) is 5.42. The highest BCUT2D eigenvalue weighted by Crippen LogP contribution is 2.02. The zero-order valence-electron chi connectivity index (χ0n) is 5.42. The summed E-state index contributed by atoms with van der Waals surface area (Å²) in [5.41, 5.74) is 0. The van der Waals surface area contributed by atoms with E-state index in [-0.39, 0.29) is 10.8 Å². The molecule has 0 spiro atoms. The molecule has 0 aliphatic carbocycles. The van der Waals surface area contributed by atoms with Crippen LogP contribution >= 0.6 is 0 Å². The van der Waals surface area contributed by atoms with Crippen molar-refractivity contribution in [2.24, 2.45) is 5.92 Å². The van der Waals surface area contributed by atoms with Crippen LogP contribution in [0.5, 0.6) is 0 Å². The van der Waals surface area contributed by atoms with Crippen LogP contribution in [0.2, 0.25) is 0 Å². The molecule has 3 nitrogen and oxygen atoms in total. The first-order chi connectivity index (χ1) is 3.55. The second-order valence-electron chi connectivity index (χ2n) is 2.27. The highest BCUT2D eigenvalue weighted by Gasteiger charge is 2.16. The van der Waals surface area contributed by atoms with Crippen molar-refractivity contribution in [3.05, 3.63) is 10.1 Å². The zero-order chi connectivity index (χ0) is 6.73. The molecule has 0 radical (unpaired) electrons. The van der Waals surface area contributed by atoms with Crippen molar-refractivity contribution in [2.75, 3.05) is 0 Å². The largest absolute Gasteiger partial charge is 0.264 e. The molecular formula is C5H11NO2. The second-order valence-corrected chi connectivity index (χ2v) is 2.27. The van der Waals surface area contributed by atoms with Crippen molar-refractivity contribution in [3.8, 4) is 0 Å². The lowest BCUT2D eigenvalue weighted by Gasteiger charge is -2.04. The van der Waals surface area contributed by atoms with Crippen LogP contribution in [-0.4, -0.2) is 11.0 Å². The van der Waals surface area contributed by atoms with Gasteiger partial charge in [0.15, 0.2) is 0 Å². The lowest BCUT2D eigenvalue weighted by atomic mass is 10.1. The molecule has 0 fully saturated rings. The van der Waals surface area contributed by atoms with Crippen LogP contribution in [0.15, 0.2) is 0 Å². The average molecular weight is 117 g/mol. The van der Waals surface area contributed by atoms with Crippen molar-refractivity contribution in [3.63, 3.8) is 0 Å². The van der Waals surface area contributed by atoms with Crippen molar-refractivity contribution in [1.29, 1.82) is 0 Å². The molecule has 0 unspecified atom stereocenters. The van der Waals surface area contributed by atoms with Crippen LogP contribution in [-0.2, 0) is 0 Å². The summed E-state index contributed by atoms with van der Waals surface area (Å²) in [6.07, 6.45) is 0. The van der Waals surface area contributed by atoms with Gasteiger partial charge in [-0.25, -0.2) is 0 Å². The van der Waals surface area contributed by atoms with E-state index in [9.17, 15) is 10.1 Å². The van der Waals surface area contributed by atoms with E-state index >= 15 is 0 Å². The average Bonchev–Trinajstić information content (AvgIpc) is 1.64. The summed E-state index contributed by atoms with van der Waals surface area (Å²) in [6, 6.07) is -0.407. The van der Waals surface area contributed by atoms with Gasteiger partial charge in [0.05, 0.1) is 0 Å². The molecule has 0 aromatic carbocycles. The Morgan fingerprint density at radius 2 is 1.75 bits per heavy atom. The number of nitrogens with zero attached hydrogens (tertiary/aromatic N) is 1. The maximum absolute atomic E-state index is 9.95. The molecule has 48 valence electrons. The Morgan fingerprint density at radius 1 is 1.38 bits per heavy atom. The van der Waals surface area contributed by atoms with Gasteiger partial charge >= 0.3 is 0 Å². The molecule has 0 aliphatic heterocycles. The minimum atomic E-state index is -0.407. The van der Waals surface area contributed by atoms with E-state index in [1.807, 2.05) is 13.8 Å². The summed E-state index contributed by atoms with van der Waals surface area (Å²) in [6.45, 7) is 5.30. The Labute approximate surface area is 48.9 Å². The Balaban J connectivity index is 3.64. The highest BCUT2D eigenvalue weighted by molar-refractivity contribution is 4.51. The molecule has 0 amide bonds. The third kappa shape index (κ3) is 1.91. The monoisotopic (exact) mass is 117 g/mol. The predicted molar refractivity (Wildman–Crippen MR) is 31.3 cm³/mol. The molecule has 0 heterocycles. The van der Waals surface area contributed by atoms with Gasteiger partial charge in [0, 0.05) is 17.8 Å². The van der Waals surface area contributed by atoms with E-state index in [0.717, 1.165) is 0 Å². The molecule has 0 rings (SSSR count). The van der Waals surface area contributed by atoms with E-state index < -0.39 is 6.04 Å². The van der Waals surface area contributed by atoms with Gasteiger partial charge in [-0.05, 0) is 0 Å². The van der Waals surface area contributed by atoms with E-state index in [4.69, 9.17) is 0 Å². The van der Waals surface area contributed by atoms with Crippen LogP contribution < -0.4 is 0 Å². The first-order valence-electron chi connectivity index (χ1n) is 2.69. The number of nitro groups is 1. The van der Waals surface area contributed by atoms with Crippen LogP contribution in [0.1, 0.15) is 20.8 Å². The Kier molecular flexibility index (Phi) is 2.45. The molecule has 0 aliphatic rings. The fourth-order valence-electron chi connectivity index (χ4n) is 0.243. The normalized spacial score (nSPS) is 14.0. The Hall–Kier alpha value is -0.600. The fraction of sp³-hybridized carbons (Fsp3) is 1.00. The minimum Gasteiger partial charge on any atom is -0.264 e. The molecule has 0 N–H and O–H groups in total. The van der Waals surface area contributed by atoms with Crippen LogP contribution in [0.25, 0.3) is 0 Å². The second kappa shape index (κ2) is 2.64. The van der Waals surface area contributed by atoms with Gasteiger partial charge in [0.1, 0.15) is 0 Å². The Morgan fingerprint density at radius 3 is 1.75 bits per heavy atom. The summed E-state index contributed by atoms with van der Waals surface area (Å²) in [5.74, 6) is 0.144. The molecular weight excluding hydrogens is 106 g/mol. The molecule has 0 saturated heterocycles. The Bertz CT molecular complexity index is 90.4. The summed E-state index contributed by atoms with van der Waals surface area (Å²) in [5, 5.41) is 9.95. The third-order valence-corrected chi connectivity index (χ3v) is 1.30. The number of hydrogen-bond donors (Lipinski definition) is 0. The third-order valence-electron chi connectivity index (χ3n) is 1.30. The topological polar surface area (TPSA) is 43.1 Å². The van der Waals surface area contributed by atoms with Crippen molar-refractivity contribution in [1.82, 2.24) is 0 Å².